The molecule has 0 saturated heterocycles. The molecule has 4 nitrogen and oxygen atoms in total. The number of hydrogen-bond donors (Lipinski definition) is 0. The van der Waals surface area contributed by atoms with Crippen molar-refractivity contribution in [3.63, 3.8) is 0 Å². The van der Waals surface area contributed by atoms with E-state index < -0.39 is 0 Å². The van der Waals surface area contributed by atoms with Crippen LogP contribution in [-0.2, 0) is 20.7 Å². The molecule has 0 radical (unpaired) electrons. The van der Waals surface area contributed by atoms with Crippen molar-refractivity contribution in [2.75, 3.05) is 13.7 Å². The van der Waals surface area contributed by atoms with Gasteiger partial charge in [0.25, 0.3) is 0 Å². The first-order valence-electron chi connectivity index (χ1n) is 6.36. The highest BCUT2D eigenvalue weighted by molar-refractivity contribution is 5.90. The minimum absolute atomic E-state index is 0.0280. The highest BCUT2D eigenvalue weighted by Crippen LogP contribution is 2.31. The van der Waals surface area contributed by atoms with Crippen LogP contribution in [0.1, 0.15) is 25.0 Å². The quantitative estimate of drug-likeness (QED) is 0.620. The molecule has 4 heteroatoms. The zero-order chi connectivity index (χ0) is 13.8. The third-order valence-corrected chi connectivity index (χ3v) is 2.95. The molecule has 1 aliphatic rings. The van der Waals surface area contributed by atoms with E-state index in [1.54, 1.807) is 14.0 Å². The van der Waals surface area contributed by atoms with E-state index in [2.05, 4.69) is 0 Å². The van der Waals surface area contributed by atoms with Gasteiger partial charge in [0.15, 0.2) is 0 Å². The van der Waals surface area contributed by atoms with Crippen molar-refractivity contribution < 1.29 is 19.0 Å². The topological polar surface area (TPSA) is 44.8 Å². The predicted octanol–water partition coefficient (Wildman–Crippen LogP) is 2.56. The van der Waals surface area contributed by atoms with Gasteiger partial charge >= 0.3 is 5.97 Å². The van der Waals surface area contributed by atoms with Crippen LogP contribution in [0.5, 0.6) is 5.75 Å². The number of fused-ring (bicyclic) bond motifs is 1. The van der Waals surface area contributed by atoms with E-state index >= 15 is 0 Å². The van der Waals surface area contributed by atoms with Gasteiger partial charge in [0, 0.05) is 12.0 Å². The summed E-state index contributed by atoms with van der Waals surface area (Å²) in [7, 11) is 1.64. The zero-order valence-electron chi connectivity index (χ0n) is 11.4. The lowest BCUT2D eigenvalue weighted by molar-refractivity contribution is -0.137. The van der Waals surface area contributed by atoms with Gasteiger partial charge in [0.2, 0.25) is 0 Å². The summed E-state index contributed by atoms with van der Waals surface area (Å²) in [5.41, 5.74) is 2.04. The van der Waals surface area contributed by atoms with Gasteiger partial charge in [0.1, 0.15) is 11.5 Å². The Balaban J connectivity index is 2.36. The normalized spacial score (nSPS) is 19.5. The molecule has 0 spiro atoms. The average Bonchev–Trinajstić information content (AvgIpc) is 2.37. The third kappa shape index (κ3) is 3.08. The van der Waals surface area contributed by atoms with E-state index in [0.29, 0.717) is 12.4 Å². The van der Waals surface area contributed by atoms with Gasteiger partial charge in [-0.2, -0.15) is 0 Å². The van der Waals surface area contributed by atoms with E-state index in [1.165, 1.54) is 6.08 Å². The summed E-state index contributed by atoms with van der Waals surface area (Å²) in [5.74, 6) is 0.992. The molecule has 1 aliphatic heterocycles. The molecular formula is C15H18O4. The summed E-state index contributed by atoms with van der Waals surface area (Å²) >= 11 is 0. The van der Waals surface area contributed by atoms with Crippen molar-refractivity contribution in [2.24, 2.45) is 0 Å². The van der Waals surface area contributed by atoms with Crippen LogP contribution in [0, 0.1) is 0 Å². The molecule has 0 N–H and O–H groups in total. The Morgan fingerprint density at radius 2 is 2.32 bits per heavy atom. The molecule has 2 rings (SSSR count). The van der Waals surface area contributed by atoms with Crippen LogP contribution in [0.25, 0.3) is 5.76 Å². The van der Waals surface area contributed by atoms with Gasteiger partial charge < -0.3 is 14.2 Å². The molecule has 1 heterocycles. The molecule has 0 amide bonds. The number of hydrogen-bond acceptors (Lipinski definition) is 4. The van der Waals surface area contributed by atoms with E-state index in [9.17, 15) is 4.79 Å². The summed E-state index contributed by atoms with van der Waals surface area (Å²) < 4.78 is 15.9. The molecule has 0 bridgehead atoms. The van der Waals surface area contributed by atoms with Crippen molar-refractivity contribution >= 4 is 11.7 Å². The van der Waals surface area contributed by atoms with E-state index in [4.69, 9.17) is 14.2 Å². The summed E-state index contributed by atoms with van der Waals surface area (Å²) in [6.45, 7) is 4.11. The van der Waals surface area contributed by atoms with Crippen molar-refractivity contribution in [3.8, 4) is 5.75 Å². The Morgan fingerprint density at radius 1 is 1.53 bits per heavy atom. The largest absolute Gasteiger partial charge is 0.497 e. The van der Waals surface area contributed by atoms with Crippen molar-refractivity contribution in [3.05, 3.63) is 35.4 Å². The summed E-state index contributed by atoms with van der Waals surface area (Å²) in [4.78, 5) is 11.5. The van der Waals surface area contributed by atoms with Crippen LogP contribution >= 0.6 is 0 Å². The first-order valence-corrected chi connectivity index (χ1v) is 6.36. The second-order valence-corrected chi connectivity index (χ2v) is 4.42. The summed E-state index contributed by atoms with van der Waals surface area (Å²) in [6, 6.07) is 5.75. The number of esters is 1. The molecular weight excluding hydrogens is 244 g/mol. The van der Waals surface area contributed by atoms with E-state index in [0.717, 1.165) is 23.3 Å². The highest BCUT2D eigenvalue weighted by atomic mass is 16.5. The van der Waals surface area contributed by atoms with Crippen molar-refractivity contribution in [1.29, 1.82) is 0 Å². The Labute approximate surface area is 113 Å². The molecule has 0 aromatic heterocycles. The minimum Gasteiger partial charge on any atom is -0.497 e. The van der Waals surface area contributed by atoms with Crippen LogP contribution in [0.2, 0.25) is 0 Å². The SMILES string of the molecule is CCOC(=O)/C=C1/OC(C)Cc2cc(OC)ccc21. The average molecular weight is 262 g/mol. The van der Waals surface area contributed by atoms with Crippen LogP contribution < -0.4 is 4.74 Å². The Kier molecular flexibility index (Phi) is 4.10. The Morgan fingerprint density at radius 3 is 3.00 bits per heavy atom. The molecule has 0 saturated carbocycles. The van der Waals surface area contributed by atoms with Crippen LogP contribution in [-0.4, -0.2) is 25.8 Å². The molecule has 102 valence electrons. The molecule has 0 fully saturated rings. The Bertz CT molecular complexity index is 505. The van der Waals surface area contributed by atoms with Crippen LogP contribution in [0.4, 0.5) is 0 Å². The lowest BCUT2D eigenvalue weighted by Crippen LogP contribution is -2.19. The van der Waals surface area contributed by atoms with Gasteiger partial charge in [-0.3, -0.25) is 0 Å². The number of ether oxygens (including phenoxy) is 3. The predicted molar refractivity (Wildman–Crippen MR) is 71.9 cm³/mol. The highest BCUT2D eigenvalue weighted by Gasteiger charge is 2.22. The van der Waals surface area contributed by atoms with Crippen molar-refractivity contribution in [1.82, 2.24) is 0 Å². The zero-order valence-corrected chi connectivity index (χ0v) is 11.4. The first-order chi connectivity index (χ1) is 9.13. The van der Waals surface area contributed by atoms with Gasteiger partial charge in [-0.15, -0.1) is 0 Å². The summed E-state index contributed by atoms with van der Waals surface area (Å²) in [5, 5.41) is 0. The number of carbonyl (C=O) groups excluding carboxylic acids is 1. The number of benzene rings is 1. The maximum atomic E-state index is 11.5. The van der Waals surface area contributed by atoms with Crippen LogP contribution in [0.3, 0.4) is 0 Å². The van der Waals surface area contributed by atoms with Crippen molar-refractivity contribution in [2.45, 2.75) is 26.4 Å². The molecule has 19 heavy (non-hydrogen) atoms. The Hall–Kier alpha value is -1.97. The second-order valence-electron chi connectivity index (χ2n) is 4.42. The van der Waals surface area contributed by atoms with E-state index in [1.807, 2.05) is 25.1 Å². The molecule has 1 aromatic carbocycles. The van der Waals surface area contributed by atoms with Gasteiger partial charge in [0.05, 0.1) is 25.9 Å². The van der Waals surface area contributed by atoms with E-state index in [-0.39, 0.29) is 12.1 Å². The van der Waals surface area contributed by atoms with Gasteiger partial charge in [-0.05, 0) is 37.6 Å². The minimum atomic E-state index is -0.381. The molecule has 0 aliphatic carbocycles. The lowest BCUT2D eigenvalue weighted by atomic mass is 9.97. The number of rotatable bonds is 3. The summed E-state index contributed by atoms with van der Waals surface area (Å²) in [6.07, 6.45) is 2.23. The first kappa shape index (κ1) is 13.5. The standard InChI is InChI=1S/C15H18O4/c1-4-18-15(16)9-14-13-6-5-12(17-3)8-11(13)7-10(2)19-14/h5-6,8-10H,4,7H2,1-3H3/b14-9+. The monoisotopic (exact) mass is 262 g/mol. The maximum absolute atomic E-state index is 11.5. The van der Waals surface area contributed by atoms with Crippen LogP contribution in [0.15, 0.2) is 24.3 Å². The fraction of sp³-hybridized carbons (Fsp3) is 0.400. The van der Waals surface area contributed by atoms with Gasteiger partial charge in [-0.1, -0.05) is 0 Å². The maximum Gasteiger partial charge on any atom is 0.334 e. The smallest absolute Gasteiger partial charge is 0.334 e. The number of carbonyl (C=O) groups is 1. The molecule has 1 aromatic rings. The molecule has 1 unspecified atom stereocenters. The second kappa shape index (κ2) is 5.78. The lowest BCUT2D eigenvalue weighted by Gasteiger charge is -2.26. The fourth-order valence-electron chi connectivity index (χ4n) is 2.14. The number of methoxy groups -OCH3 is 1. The van der Waals surface area contributed by atoms with Gasteiger partial charge in [-0.25, -0.2) is 4.79 Å². The molecule has 1 atom stereocenters. The fourth-order valence-corrected chi connectivity index (χ4v) is 2.14. The third-order valence-electron chi connectivity index (χ3n) is 2.95.